The minimum absolute atomic E-state index is 0.00918. The average molecular weight is 496 g/mol. The summed E-state index contributed by atoms with van der Waals surface area (Å²) in [7, 11) is -7.76. The minimum Gasteiger partial charge on any atom is -0.349 e. The van der Waals surface area contributed by atoms with Crippen molar-refractivity contribution in [3.8, 4) is 0 Å². The molecule has 1 saturated heterocycles. The molecule has 0 aromatic heterocycles. The molecule has 1 fully saturated rings. The molecule has 33 heavy (non-hydrogen) atoms. The molecule has 178 valence electrons. The van der Waals surface area contributed by atoms with E-state index in [2.05, 4.69) is 16.6 Å². The lowest BCUT2D eigenvalue weighted by Gasteiger charge is -2.31. The van der Waals surface area contributed by atoms with E-state index >= 15 is 0 Å². The van der Waals surface area contributed by atoms with Crippen LogP contribution in [0.5, 0.6) is 0 Å². The lowest BCUT2D eigenvalue weighted by atomic mass is 10.1. The van der Waals surface area contributed by atoms with Gasteiger partial charge in [-0.25, -0.2) is 25.9 Å². The predicted molar refractivity (Wildman–Crippen MR) is 122 cm³/mol. The summed E-state index contributed by atoms with van der Waals surface area (Å²) in [4.78, 5) is 12.2. The Bertz CT molecular complexity index is 1240. The van der Waals surface area contributed by atoms with Gasteiger partial charge < -0.3 is 5.32 Å². The van der Waals surface area contributed by atoms with Gasteiger partial charge in [-0.15, -0.1) is 6.58 Å². The zero-order chi connectivity index (χ0) is 24.2. The van der Waals surface area contributed by atoms with Crippen LogP contribution >= 0.6 is 0 Å². The van der Waals surface area contributed by atoms with E-state index in [0.29, 0.717) is 12.8 Å². The van der Waals surface area contributed by atoms with E-state index in [1.165, 1.54) is 16.4 Å². The second kappa shape index (κ2) is 10.1. The number of nitrogens with zero attached hydrogens (tertiary/aromatic N) is 1. The molecule has 1 aliphatic rings. The van der Waals surface area contributed by atoms with Crippen LogP contribution in [0.2, 0.25) is 0 Å². The molecule has 11 heteroatoms. The van der Waals surface area contributed by atoms with E-state index in [4.69, 9.17) is 0 Å². The molecule has 0 aliphatic carbocycles. The topological polar surface area (TPSA) is 113 Å². The number of nitrogens with one attached hydrogen (secondary N) is 2. The minimum atomic E-state index is -4.14. The number of hydrogen-bond acceptors (Lipinski definition) is 5. The smallest absolute Gasteiger partial charge is 0.251 e. The van der Waals surface area contributed by atoms with Crippen LogP contribution in [0.15, 0.2) is 64.9 Å². The molecule has 2 aromatic rings. The van der Waals surface area contributed by atoms with Crippen LogP contribution in [-0.4, -0.2) is 52.7 Å². The van der Waals surface area contributed by atoms with Crippen LogP contribution in [0, 0.1) is 12.7 Å². The summed E-state index contributed by atoms with van der Waals surface area (Å²) in [5.74, 6) is -1.53. The number of carbonyl (C=O) groups excluding carboxylic acids is 1. The first-order chi connectivity index (χ1) is 15.5. The van der Waals surface area contributed by atoms with Crippen molar-refractivity contribution in [1.29, 1.82) is 0 Å². The van der Waals surface area contributed by atoms with Crippen LogP contribution in [0.25, 0.3) is 0 Å². The summed E-state index contributed by atoms with van der Waals surface area (Å²) in [5.41, 5.74) is 0.952. The number of sulfonamides is 2. The van der Waals surface area contributed by atoms with E-state index in [-0.39, 0.29) is 36.1 Å². The Morgan fingerprint density at radius 2 is 1.76 bits per heavy atom. The highest BCUT2D eigenvalue weighted by Gasteiger charge is 2.30. The van der Waals surface area contributed by atoms with Gasteiger partial charge >= 0.3 is 0 Å². The van der Waals surface area contributed by atoms with Crippen molar-refractivity contribution in [2.45, 2.75) is 35.6 Å². The second-order valence-electron chi connectivity index (χ2n) is 7.75. The first-order valence-electron chi connectivity index (χ1n) is 10.3. The number of hydrogen-bond donors (Lipinski definition) is 2. The largest absolute Gasteiger partial charge is 0.349 e. The molecular weight excluding hydrogens is 469 g/mol. The fourth-order valence-corrected chi connectivity index (χ4v) is 6.03. The molecule has 0 saturated carbocycles. The first-order valence-corrected chi connectivity index (χ1v) is 13.2. The van der Waals surface area contributed by atoms with E-state index in [1.54, 1.807) is 24.3 Å². The molecule has 1 amide bonds. The van der Waals surface area contributed by atoms with Gasteiger partial charge in [0.1, 0.15) is 10.7 Å². The third-order valence-electron chi connectivity index (χ3n) is 5.35. The summed E-state index contributed by atoms with van der Waals surface area (Å²) in [6.07, 6.45) is 2.10. The van der Waals surface area contributed by atoms with E-state index in [0.717, 1.165) is 17.7 Å². The molecule has 1 heterocycles. The Morgan fingerprint density at radius 1 is 1.12 bits per heavy atom. The maximum Gasteiger partial charge on any atom is 0.251 e. The molecule has 0 atom stereocenters. The molecule has 3 rings (SSSR count). The molecule has 2 N–H and O–H groups in total. The van der Waals surface area contributed by atoms with E-state index in [9.17, 15) is 26.0 Å². The highest BCUT2D eigenvalue weighted by atomic mass is 32.2. The van der Waals surface area contributed by atoms with Gasteiger partial charge in [0.2, 0.25) is 20.0 Å². The number of aryl methyl sites for hydroxylation is 1. The number of piperidine rings is 1. The van der Waals surface area contributed by atoms with Crippen molar-refractivity contribution in [2.24, 2.45) is 0 Å². The maximum atomic E-state index is 14.1. The molecule has 0 radical (unpaired) electrons. The molecule has 0 unspecified atom stereocenters. The second-order valence-corrected chi connectivity index (χ2v) is 11.4. The van der Waals surface area contributed by atoms with Crippen molar-refractivity contribution in [2.75, 3.05) is 19.6 Å². The highest BCUT2D eigenvalue weighted by Crippen LogP contribution is 2.22. The third kappa shape index (κ3) is 5.85. The Balaban J connectivity index is 1.65. The Hall–Kier alpha value is -2.60. The molecule has 1 aliphatic heterocycles. The standard InChI is InChI=1S/C22H26FN3O5S2/c1-3-12-24-32(28,29)21-15-17(6-9-20(21)23)22(27)25-18-10-13-26(14-11-18)33(30,31)19-7-4-16(2)5-8-19/h3-9,15,18,24H,1,10-14H2,2H3,(H,25,27). The van der Waals surface area contributed by atoms with Crippen molar-refractivity contribution >= 4 is 26.0 Å². The summed E-state index contributed by atoms with van der Waals surface area (Å²) < 4.78 is 67.8. The van der Waals surface area contributed by atoms with Gasteiger partial charge in [0.15, 0.2) is 0 Å². The SMILES string of the molecule is C=CCNS(=O)(=O)c1cc(C(=O)NC2CCN(S(=O)(=O)c3ccc(C)cc3)CC2)ccc1F. The third-order valence-corrected chi connectivity index (χ3v) is 8.70. The Morgan fingerprint density at radius 3 is 2.36 bits per heavy atom. The van der Waals surface area contributed by atoms with Crippen LogP contribution in [0.1, 0.15) is 28.8 Å². The number of amides is 1. The lowest BCUT2D eigenvalue weighted by molar-refractivity contribution is 0.0923. The Kier molecular flexibility index (Phi) is 7.68. The quantitative estimate of drug-likeness (QED) is 0.545. The first kappa shape index (κ1) is 25.0. The van der Waals surface area contributed by atoms with Crippen LogP contribution in [0.4, 0.5) is 4.39 Å². The molecule has 0 bridgehead atoms. The normalized spacial score (nSPS) is 15.8. The van der Waals surface area contributed by atoms with Crippen LogP contribution in [-0.2, 0) is 20.0 Å². The van der Waals surface area contributed by atoms with E-state index in [1.807, 2.05) is 6.92 Å². The van der Waals surface area contributed by atoms with Gasteiger partial charge in [-0.05, 0) is 50.1 Å². The fourth-order valence-electron chi connectivity index (χ4n) is 3.47. The van der Waals surface area contributed by atoms with Crippen molar-refractivity contribution in [3.05, 3.63) is 72.1 Å². The summed E-state index contributed by atoms with van der Waals surface area (Å²) >= 11 is 0. The number of benzene rings is 2. The van der Waals surface area contributed by atoms with Gasteiger partial charge in [-0.1, -0.05) is 23.8 Å². The van der Waals surface area contributed by atoms with Crippen LogP contribution in [0.3, 0.4) is 0 Å². The highest BCUT2D eigenvalue weighted by molar-refractivity contribution is 7.89. The van der Waals surface area contributed by atoms with Crippen molar-refractivity contribution in [1.82, 2.24) is 14.3 Å². The average Bonchev–Trinajstić information content (AvgIpc) is 2.78. The number of carbonyl (C=O) groups is 1. The number of halogens is 1. The van der Waals surface area contributed by atoms with Crippen molar-refractivity contribution < 1.29 is 26.0 Å². The molecular formula is C22H26FN3O5S2. The zero-order valence-corrected chi connectivity index (χ0v) is 19.8. The van der Waals surface area contributed by atoms with Crippen LogP contribution < -0.4 is 10.0 Å². The summed E-state index contributed by atoms with van der Waals surface area (Å²) in [6, 6.07) is 9.43. The van der Waals surface area contributed by atoms with Gasteiger partial charge in [0.05, 0.1) is 4.90 Å². The summed E-state index contributed by atoms with van der Waals surface area (Å²) in [6.45, 7) is 5.67. The molecule has 8 nitrogen and oxygen atoms in total. The molecule has 2 aromatic carbocycles. The Labute approximate surface area is 193 Å². The van der Waals surface area contributed by atoms with Gasteiger partial charge in [-0.2, -0.15) is 4.31 Å². The zero-order valence-electron chi connectivity index (χ0n) is 18.1. The van der Waals surface area contributed by atoms with Gasteiger partial charge in [0.25, 0.3) is 5.91 Å². The monoisotopic (exact) mass is 495 g/mol. The summed E-state index contributed by atoms with van der Waals surface area (Å²) in [5, 5.41) is 2.78. The molecule has 0 spiro atoms. The predicted octanol–water partition coefficient (Wildman–Crippen LogP) is 2.18. The number of rotatable bonds is 8. The fraction of sp³-hybridized carbons (Fsp3) is 0.318. The maximum absolute atomic E-state index is 14.1. The van der Waals surface area contributed by atoms with E-state index < -0.39 is 36.7 Å². The lowest BCUT2D eigenvalue weighted by Crippen LogP contribution is -2.46. The van der Waals surface area contributed by atoms with Gasteiger partial charge in [0, 0.05) is 31.2 Å². The van der Waals surface area contributed by atoms with Gasteiger partial charge in [-0.3, -0.25) is 4.79 Å². The van der Waals surface area contributed by atoms with Crippen molar-refractivity contribution in [3.63, 3.8) is 0 Å².